The van der Waals surface area contributed by atoms with E-state index in [4.69, 9.17) is 0 Å². The van der Waals surface area contributed by atoms with E-state index in [1.807, 2.05) is 67.5 Å². The molecule has 0 aliphatic rings. The van der Waals surface area contributed by atoms with Gasteiger partial charge >= 0.3 is 0 Å². The normalized spacial score (nSPS) is 11.8. The average molecular weight is 284 g/mol. The molecule has 0 bridgehead atoms. The van der Waals surface area contributed by atoms with Crippen molar-refractivity contribution in [1.29, 1.82) is 0 Å². The molecule has 1 amide bonds. The molecule has 2 N–H and O–H groups in total. The predicted molar refractivity (Wildman–Crippen MR) is 84.5 cm³/mol. The molecule has 4 heteroatoms. The molecule has 110 valence electrons. The van der Waals surface area contributed by atoms with Crippen molar-refractivity contribution in [1.82, 2.24) is 5.32 Å². The van der Waals surface area contributed by atoms with Crippen molar-refractivity contribution >= 4 is 11.6 Å². The van der Waals surface area contributed by atoms with E-state index >= 15 is 0 Å². The van der Waals surface area contributed by atoms with Gasteiger partial charge in [0.2, 0.25) is 0 Å². The molecule has 0 unspecified atom stereocenters. The van der Waals surface area contributed by atoms with E-state index in [-0.39, 0.29) is 12.5 Å². The van der Waals surface area contributed by atoms with Gasteiger partial charge in [-0.2, -0.15) is 0 Å². The molecule has 21 heavy (non-hydrogen) atoms. The minimum absolute atomic E-state index is 0.136. The van der Waals surface area contributed by atoms with Crippen LogP contribution in [0.5, 0.6) is 0 Å². The van der Waals surface area contributed by atoms with Crippen LogP contribution in [0.4, 0.5) is 5.69 Å². The van der Waals surface area contributed by atoms with E-state index in [9.17, 15) is 9.90 Å². The molecule has 2 aromatic rings. The Morgan fingerprint density at radius 1 is 1.14 bits per heavy atom. The Hall–Kier alpha value is -2.33. The molecule has 1 atom stereocenters. The highest BCUT2D eigenvalue weighted by atomic mass is 16.3. The third-order valence-corrected chi connectivity index (χ3v) is 3.31. The number of nitrogens with one attached hydrogen (secondary N) is 1. The second kappa shape index (κ2) is 6.90. The molecule has 0 aromatic heterocycles. The summed E-state index contributed by atoms with van der Waals surface area (Å²) in [5.41, 5.74) is 2.43. The van der Waals surface area contributed by atoms with Gasteiger partial charge in [-0.25, -0.2) is 0 Å². The van der Waals surface area contributed by atoms with Crippen molar-refractivity contribution < 1.29 is 9.90 Å². The van der Waals surface area contributed by atoms with Gasteiger partial charge in [0.05, 0.1) is 12.6 Å². The van der Waals surface area contributed by atoms with Crippen LogP contribution in [0.3, 0.4) is 0 Å². The standard InChI is InChI=1S/C17H20N2O2/c1-19(2)15-10-6-9-14(11-15)17(21)18-16(12-20)13-7-4-3-5-8-13/h3-11,16,20H,12H2,1-2H3,(H,18,21)/t16-/m1/s1. The van der Waals surface area contributed by atoms with Crippen LogP contribution in [0, 0.1) is 0 Å². The highest BCUT2D eigenvalue weighted by Gasteiger charge is 2.15. The molecule has 0 heterocycles. The molecule has 0 fully saturated rings. The summed E-state index contributed by atoms with van der Waals surface area (Å²) in [6.07, 6.45) is 0. The van der Waals surface area contributed by atoms with Gasteiger partial charge in [-0.15, -0.1) is 0 Å². The number of carbonyl (C=O) groups is 1. The van der Waals surface area contributed by atoms with Crippen molar-refractivity contribution in [3.8, 4) is 0 Å². The van der Waals surface area contributed by atoms with Crippen LogP contribution in [0.2, 0.25) is 0 Å². The van der Waals surface area contributed by atoms with Gasteiger partial charge in [0.25, 0.3) is 5.91 Å². The van der Waals surface area contributed by atoms with Gasteiger partial charge in [-0.05, 0) is 23.8 Å². The summed E-state index contributed by atoms with van der Waals surface area (Å²) in [4.78, 5) is 14.3. The quantitative estimate of drug-likeness (QED) is 0.885. The molecule has 4 nitrogen and oxygen atoms in total. The Bertz CT molecular complexity index is 597. The minimum Gasteiger partial charge on any atom is -0.394 e. The van der Waals surface area contributed by atoms with Crippen LogP contribution in [0.1, 0.15) is 22.0 Å². The number of amides is 1. The highest BCUT2D eigenvalue weighted by molar-refractivity contribution is 5.95. The van der Waals surface area contributed by atoms with E-state index in [1.165, 1.54) is 0 Å². The third kappa shape index (κ3) is 3.83. The lowest BCUT2D eigenvalue weighted by atomic mass is 10.1. The Morgan fingerprint density at radius 2 is 1.86 bits per heavy atom. The molecule has 2 rings (SSSR count). The van der Waals surface area contributed by atoms with Gasteiger partial charge in [-0.1, -0.05) is 36.4 Å². The number of hydrogen-bond donors (Lipinski definition) is 2. The molecule has 2 aromatic carbocycles. The molecule has 0 saturated heterocycles. The summed E-state index contributed by atoms with van der Waals surface area (Å²) in [5, 5.41) is 12.4. The monoisotopic (exact) mass is 284 g/mol. The Morgan fingerprint density at radius 3 is 2.48 bits per heavy atom. The summed E-state index contributed by atoms with van der Waals surface area (Å²) < 4.78 is 0. The van der Waals surface area contributed by atoms with Crippen molar-refractivity contribution in [2.75, 3.05) is 25.6 Å². The van der Waals surface area contributed by atoms with Gasteiger partial charge in [0, 0.05) is 25.3 Å². The number of aliphatic hydroxyl groups excluding tert-OH is 1. The Balaban J connectivity index is 2.15. The van der Waals surface area contributed by atoms with Gasteiger partial charge in [0.1, 0.15) is 0 Å². The predicted octanol–water partition coefficient (Wildman–Crippen LogP) is 2.22. The number of benzene rings is 2. The maximum Gasteiger partial charge on any atom is 0.251 e. The SMILES string of the molecule is CN(C)c1cccc(C(=O)N[C@H](CO)c2ccccc2)c1. The van der Waals surface area contributed by atoms with Crippen LogP contribution in [0.15, 0.2) is 54.6 Å². The average Bonchev–Trinajstić information content (AvgIpc) is 2.53. The first-order chi connectivity index (χ1) is 10.1. The molecule has 0 radical (unpaired) electrons. The van der Waals surface area contributed by atoms with Crippen molar-refractivity contribution in [2.45, 2.75) is 6.04 Å². The second-order valence-corrected chi connectivity index (χ2v) is 5.06. The van der Waals surface area contributed by atoms with E-state index in [0.29, 0.717) is 5.56 Å². The largest absolute Gasteiger partial charge is 0.394 e. The fourth-order valence-electron chi connectivity index (χ4n) is 2.09. The number of carbonyl (C=O) groups excluding carboxylic acids is 1. The van der Waals surface area contributed by atoms with Crippen molar-refractivity contribution in [3.63, 3.8) is 0 Å². The van der Waals surface area contributed by atoms with Crippen LogP contribution in [-0.4, -0.2) is 31.7 Å². The fourth-order valence-corrected chi connectivity index (χ4v) is 2.09. The first-order valence-electron chi connectivity index (χ1n) is 6.86. The number of hydrogen-bond acceptors (Lipinski definition) is 3. The van der Waals surface area contributed by atoms with E-state index in [2.05, 4.69) is 5.32 Å². The summed E-state index contributed by atoms with van der Waals surface area (Å²) in [6.45, 7) is -0.136. The third-order valence-electron chi connectivity index (χ3n) is 3.31. The van der Waals surface area contributed by atoms with E-state index in [1.54, 1.807) is 6.07 Å². The van der Waals surface area contributed by atoms with Crippen LogP contribution in [0.25, 0.3) is 0 Å². The van der Waals surface area contributed by atoms with Crippen molar-refractivity contribution in [3.05, 3.63) is 65.7 Å². The summed E-state index contributed by atoms with van der Waals surface area (Å²) in [7, 11) is 3.86. The lowest BCUT2D eigenvalue weighted by molar-refractivity contribution is 0.0916. The number of rotatable bonds is 5. The van der Waals surface area contributed by atoms with Crippen LogP contribution >= 0.6 is 0 Å². The van der Waals surface area contributed by atoms with Gasteiger partial charge in [-0.3, -0.25) is 4.79 Å². The van der Waals surface area contributed by atoms with E-state index in [0.717, 1.165) is 11.3 Å². The van der Waals surface area contributed by atoms with Gasteiger partial charge in [0.15, 0.2) is 0 Å². The molecular weight excluding hydrogens is 264 g/mol. The topological polar surface area (TPSA) is 52.6 Å². The molecular formula is C17H20N2O2. The number of aliphatic hydroxyl groups is 1. The smallest absolute Gasteiger partial charge is 0.251 e. The number of anilines is 1. The summed E-state index contributed by atoms with van der Waals surface area (Å²) >= 11 is 0. The lowest BCUT2D eigenvalue weighted by Crippen LogP contribution is -2.30. The number of nitrogens with zero attached hydrogens (tertiary/aromatic N) is 1. The van der Waals surface area contributed by atoms with E-state index < -0.39 is 6.04 Å². The molecule has 0 saturated carbocycles. The zero-order valence-electron chi connectivity index (χ0n) is 12.3. The highest BCUT2D eigenvalue weighted by Crippen LogP contribution is 2.16. The zero-order valence-corrected chi connectivity index (χ0v) is 12.3. The van der Waals surface area contributed by atoms with Crippen LogP contribution < -0.4 is 10.2 Å². The second-order valence-electron chi connectivity index (χ2n) is 5.06. The maximum absolute atomic E-state index is 12.3. The minimum atomic E-state index is -0.401. The Kier molecular flexibility index (Phi) is 4.95. The van der Waals surface area contributed by atoms with Crippen molar-refractivity contribution in [2.24, 2.45) is 0 Å². The summed E-state index contributed by atoms with van der Waals surface area (Å²) in [5.74, 6) is -0.193. The molecule has 0 aliphatic heterocycles. The lowest BCUT2D eigenvalue weighted by Gasteiger charge is -2.18. The summed E-state index contributed by atoms with van der Waals surface area (Å²) in [6, 6.07) is 16.4. The fraction of sp³-hybridized carbons (Fsp3) is 0.235. The van der Waals surface area contributed by atoms with Crippen LogP contribution in [-0.2, 0) is 0 Å². The zero-order chi connectivity index (χ0) is 15.2. The first-order valence-corrected chi connectivity index (χ1v) is 6.86. The Labute approximate surface area is 125 Å². The first kappa shape index (κ1) is 15.1. The van der Waals surface area contributed by atoms with Gasteiger partial charge < -0.3 is 15.3 Å². The molecule has 0 spiro atoms. The maximum atomic E-state index is 12.3. The molecule has 0 aliphatic carbocycles.